The van der Waals surface area contributed by atoms with E-state index in [0.717, 1.165) is 32.5 Å². The summed E-state index contributed by atoms with van der Waals surface area (Å²) in [5, 5.41) is 8.30. The van der Waals surface area contributed by atoms with Crippen molar-refractivity contribution in [1.82, 2.24) is 0 Å². The van der Waals surface area contributed by atoms with Crippen molar-refractivity contribution in [2.75, 3.05) is 13.2 Å². The van der Waals surface area contributed by atoms with Crippen molar-refractivity contribution in [3.05, 3.63) is 12.2 Å². The number of carboxylic acid groups (broad SMARTS) is 1. The van der Waals surface area contributed by atoms with Gasteiger partial charge in [0.1, 0.15) is 0 Å². The average Bonchev–Trinajstić information content (AvgIpc) is 2.15. The average molecular weight is 200 g/mol. The summed E-state index contributed by atoms with van der Waals surface area (Å²) in [5.74, 6) is -0.881. The summed E-state index contributed by atoms with van der Waals surface area (Å²) >= 11 is 0. The van der Waals surface area contributed by atoms with Gasteiger partial charge in [-0.1, -0.05) is 25.8 Å². The van der Waals surface area contributed by atoms with E-state index in [9.17, 15) is 4.79 Å². The predicted molar refractivity (Wildman–Crippen MR) is 56.4 cm³/mol. The number of allylic oxidation sites excluding steroid dienone is 1. The molecular formula is C11H20O3. The van der Waals surface area contributed by atoms with Crippen LogP contribution in [0.1, 0.15) is 39.0 Å². The summed E-state index contributed by atoms with van der Waals surface area (Å²) in [6, 6.07) is 0. The zero-order chi connectivity index (χ0) is 10.6. The lowest BCUT2D eigenvalue weighted by molar-refractivity contribution is -0.131. The van der Waals surface area contributed by atoms with Crippen molar-refractivity contribution >= 4 is 5.97 Å². The number of rotatable bonds is 9. The fourth-order valence-electron chi connectivity index (χ4n) is 1.04. The molecule has 82 valence electrons. The second-order valence-corrected chi connectivity index (χ2v) is 3.20. The van der Waals surface area contributed by atoms with Crippen LogP contribution in [0.25, 0.3) is 0 Å². The maximum Gasteiger partial charge on any atom is 0.327 e. The van der Waals surface area contributed by atoms with Crippen molar-refractivity contribution in [2.45, 2.75) is 39.0 Å². The third-order valence-electron chi connectivity index (χ3n) is 1.81. The van der Waals surface area contributed by atoms with Gasteiger partial charge in [0, 0.05) is 19.3 Å². The van der Waals surface area contributed by atoms with Gasteiger partial charge in [0.25, 0.3) is 0 Å². The highest BCUT2D eigenvalue weighted by Gasteiger charge is 1.89. The molecule has 0 aromatic rings. The molecule has 0 aliphatic heterocycles. The van der Waals surface area contributed by atoms with Crippen molar-refractivity contribution in [1.29, 1.82) is 0 Å². The minimum Gasteiger partial charge on any atom is -0.478 e. The van der Waals surface area contributed by atoms with Crippen LogP contribution in [0.5, 0.6) is 0 Å². The van der Waals surface area contributed by atoms with Gasteiger partial charge >= 0.3 is 5.97 Å². The monoisotopic (exact) mass is 200 g/mol. The van der Waals surface area contributed by atoms with Crippen LogP contribution in [0, 0.1) is 0 Å². The maximum atomic E-state index is 10.1. The summed E-state index contributed by atoms with van der Waals surface area (Å²) in [7, 11) is 0. The van der Waals surface area contributed by atoms with Crippen LogP contribution in [0.4, 0.5) is 0 Å². The maximum absolute atomic E-state index is 10.1. The molecule has 0 amide bonds. The smallest absolute Gasteiger partial charge is 0.327 e. The molecular weight excluding hydrogens is 180 g/mol. The van der Waals surface area contributed by atoms with Crippen molar-refractivity contribution in [3.8, 4) is 0 Å². The third-order valence-corrected chi connectivity index (χ3v) is 1.81. The number of hydrogen-bond acceptors (Lipinski definition) is 2. The number of carboxylic acids is 1. The lowest BCUT2D eigenvalue weighted by atomic mass is 10.3. The quantitative estimate of drug-likeness (QED) is 0.459. The van der Waals surface area contributed by atoms with E-state index in [4.69, 9.17) is 9.84 Å². The first kappa shape index (κ1) is 13.2. The Morgan fingerprint density at radius 3 is 2.64 bits per heavy atom. The minimum atomic E-state index is -0.881. The SMILES string of the molecule is CCCCCOCCCC=CC(=O)O. The normalized spacial score (nSPS) is 10.9. The lowest BCUT2D eigenvalue weighted by Gasteiger charge is -2.01. The highest BCUT2D eigenvalue weighted by molar-refractivity contribution is 5.79. The van der Waals surface area contributed by atoms with Gasteiger partial charge in [-0.2, -0.15) is 0 Å². The predicted octanol–water partition coefficient (Wildman–Crippen LogP) is 2.61. The zero-order valence-electron chi connectivity index (χ0n) is 8.87. The molecule has 0 aliphatic carbocycles. The molecule has 0 saturated carbocycles. The largest absolute Gasteiger partial charge is 0.478 e. The Morgan fingerprint density at radius 1 is 1.29 bits per heavy atom. The Balaban J connectivity index is 3.02. The molecule has 0 aliphatic rings. The lowest BCUT2D eigenvalue weighted by Crippen LogP contribution is -1.96. The van der Waals surface area contributed by atoms with Crippen LogP contribution in [0.3, 0.4) is 0 Å². The van der Waals surface area contributed by atoms with Gasteiger partial charge in [-0.3, -0.25) is 0 Å². The van der Waals surface area contributed by atoms with Gasteiger partial charge in [-0.05, 0) is 19.3 Å². The second kappa shape index (κ2) is 10.3. The van der Waals surface area contributed by atoms with Crippen LogP contribution in [-0.4, -0.2) is 24.3 Å². The second-order valence-electron chi connectivity index (χ2n) is 3.20. The zero-order valence-corrected chi connectivity index (χ0v) is 8.87. The molecule has 0 saturated heterocycles. The van der Waals surface area contributed by atoms with Gasteiger partial charge in [0.2, 0.25) is 0 Å². The first-order chi connectivity index (χ1) is 6.77. The van der Waals surface area contributed by atoms with Gasteiger partial charge in [0.05, 0.1) is 0 Å². The third kappa shape index (κ3) is 11.2. The van der Waals surface area contributed by atoms with Crippen LogP contribution in [0.15, 0.2) is 12.2 Å². The molecule has 3 nitrogen and oxygen atoms in total. The fourth-order valence-corrected chi connectivity index (χ4v) is 1.04. The van der Waals surface area contributed by atoms with Crippen molar-refractivity contribution in [2.24, 2.45) is 0 Å². The fraction of sp³-hybridized carbons (Fsp3) is 0.727. The van der Waals surface area contributed by atoms with Crippen molar-refractivity contribution in [3.63, 3.8) is 0 Å². The molecule has 0 unspecified atom stereocenters. The Morgan fingerprint density at radius 2 is 2.00 bits per heavy atom. The van der Waals surface area contributed by atoms with E-state index in [1.54, 1.807) is 6.08 Å². The molecule has 3 heteroatoms. The van der Waals surface area contributed by atoms with E-state index in [1.807, 2.05) is 0 Å². The first-order valence-electron chi connectivity index (χ1n) is 5.24. The summed E-state index contributed by atoms with van der Waals surface area (Å²) in [5.41, 5.74) is 0. The van der Waals surface area contributed by atoms with E-state index in [0.29, 0.717) is 0 Å². The van der Waals surface area contributed by atoms with Crippen LogP contribution in [-0.2, 0) is 9.53 Å². The van der Waals surface area contributed by atoms with E-state index in [1.165, 1.54) is 18.9 Å². The highest BCUT2D eigenvalue weighted by atomic mass is 16.5. The molecule has 1 N–H and O–H groups in total. The van der Waals surface area contributed by atoms with Crippen molar-refractivity contribution < 1.29 is 14.6 Å². The van der Waals surface area contributed by atoms with Gasteiger partial charge in [0.15, 0.2) is 0 Å². The van der Waals surface area contributed by atoms with E-state index in [2.05, 4.69) is 6.92 Å². The number of ether oxygens (including phenoxy) is 1. The van der Waals surface area contributed by atoms with Crippen LogP contribution < -0.4 is 0 Å². The summed E-state index contributed by atoms with van der Waals surface area (Å²) in [4.78, 5) is 10.1. The Hall–Kier alpha value is -0.830. The molecule has 0 atom stereocenters. The molecule has 0 heterocycles. The molecule has 0 radical (unpaired) electrons. The van der Waals surface area contributed by atoms with Crippen LogP contribution >= 0.6 is 0 Å². The molecule has 0 aromatic carbocycles. The molecule has 0 spiro atoms. The molecule has 0 bridgehead atoms. The number of unbranched alkanes of at least 4 members (excludes halogenated alkanes) is 3. The molecule has 0 aromatic heterocycles. The molecule has 0 fully saturated rings. The van der Waals surface area contributed by atoms with Gasteiger partial charge < -0.3 is 9.84 Å². The van der Waals surface area contributed by atoms with E-state index >= 15 is 0 Å². The number of aliphatic carboxylic acids is 1. The van der Waals surface area contributed by atoms with E-state index in [-0.39, 0.29) is 0 Å². The van der Waals surface area contributed by atoms with Gasteiger partial charge in [-0.25, -0.2) is 4.79 Å². The topological polar surface area (TPSA) is 46.5 Å². The highest BCUT2D eigenvalue weighted by Crippen LogP contribution is 1.96. The summed E-state index contributed by atoms with van der Waals surface area (Å²) < 4.78 is 5.36. The Labute approximate surface area is 85.8 Å². The molecule has 0 rings (SSSR count). The number of hydrogen-bond donors (Lipinski definition) is 1. The Bertz CT molecular complexity index is 164. The summed E-state index contributed by atoms with van der Waals surface area (Å²) in [6.45, 7) is 3.72. The summed E-state index contributed by atoms with van der Waals surface area (Å²) in [6.07, 6.45) is 8.08. The standard InChI is InChI=1S/C11H20O3/c1-2-3-6-9-14-10-7-4-5-8-11(12)13/h5,8H,2-4,6-7,9-10H2,1H3,(H,12,13). The van der Waals surface area contributed by atoms with E-state index < -0.39 is 5.97 Å². The van der Waals surface area contributed by atoms with Gasteiger partial charge in [-0.15, -0.1) is 0 Å². The molecule has 14 heavy (non-hydrogen) atoms. The number of carbonyl (C=O) groups is 1. The van der Waals surface area contributed by atoms with Crippen LogP contribution in [0.2, 0.25) is 0 Å². The minimum absolute atomic E-state index is 0.730. The first-order valence-corrected chi connectivity index (χ1v) is 5.24. The Kier molecular flexibility index (Phi) is 9.64.